The summed E-state index contributed by atoms with van der Waals surface area (Å²) in [6.07, 6.45) is 3.41. The zero-order valence-corrected chi connectivity index (χ0v) is 9.71. The van der Waals surface area contributed by atoms with Crippen molar-refractivity contribution in [1.29, 1.82) is 0 Å². The zero-order valence-electron chi connectivity index (χ0n) is 9.71. The van der Waals surface area contributed by atoms with Gasteiger partial charge < -0.3 is 15.8 Å². The molecule has 0 spiro atoms. The van der Waals surface area contributed by atoms with Crippen LogP contribution in [0.1, 0.15) is 6.92 Å². The molecule has 0 atom stereocenters. The lowest BCUT2D eigenvalue weighted by Gasteiger charge is -2.05. The van der Waals surface area contributed by atoms with Crippen LogP contribution >= 0.6 is 0 Å². The van der Waals surface area contributed by atoms with Gasteiger partial charge in [-0.1, -0.05) is 0 Å². The second-order valence-electron chi connectivity index (χ2n) is 3.33. The number of nitrogen functional groups attached to an aromatic ring is 1. The molecular formula is C10H14N6O. The van der Waals surface area contributed by atoms with Crippen LogP contribution in [0.4, 0.5) is 11.8 Å². The van der Waals surface area contributed by atoms with Gasteiger partial charge in [-0.15, -0.1) is 0 Å². The SMILES string of the molecule is CCn1cc(Oc2cc(NC)nc(N)n2)cn1. The molecule has 2 aromatic rings. The van der Waals surface area contributed by atoms with Gasteiger partial charge in [-0.05, 0) is 6.92 Å². The fourth-order valence-electron chi connectivity index (χ4n) is 1.31. The fourth-order valence-corrected chi connectivity index (χ4v) is 1.31. The van der Waals surface area contributed by atoms with Crippen LogP contribution in [0.2, 0.25) is 0 Å². The zero-order chi connectivity index (χ0) is 12.3. The van der Waals surface area contributed by atoms with Crippen LogP contribution in [0.3, 0.4) is 0 Å². The first kappa shape index (κ1) is 11.2. The Morgan fingerprint density at radius 1 is 1.47 bits per heavy atom. The molecule has 0 saturated carbocycles. The molecule has 0 aliphatic rings. The van der Waals surface area contributed by atoms with Gasteiger partial charge in [0, 0.05) is 19.7 Å². The fraction of sp³-hybridized carbons (Fsp3) is 0.300. The second kappa shape index (κ2) is 4.69. The minimum atomic E-state index is 0.162. The molecule has 0 aromatic carbocycles. The van der Waals surface area contributed by atoms with E-state index in [9.17, 15) is 0 Å². The number of rotatable bonds is 4. The number of aryl methyl sites for hydroxylation is 1. The van der Waals surface area contributed by atoms with Gasteiger partial charge in [0.25, 0.3) is 0 Å². The van der Waals surface area contributed by atoms with Crippen molar-refractivity contribution in [2.24, 2.45) is 0 Å². The van der Waals surface area contributed by atoms with Crippen molar-refractivity contribution in [2.45, 2.75) is 13.5 Å². The first-order chi connectivity index (χ1) is 8.21. The molecule has 0 radical (unpaired) electrons. The highest BCUT2D eigenvalue weighted by molar-refractivity contribution is 5.43. The Bertz CT molecular complexity index is 509. The quantitative estimate of drug-likeness (QED) is 0.823. The molecule has 7 heteroatoms. The summed E-state index contributed by atoms with van der Waals surface area (Å²) in [6, 6.07) is 1.67. The van der Waals surface area contributed by atoms with Crippen molar-refractivity contribution < 1.29 is 4.74 Å². The Labute approximate surface area is 98.6 Å². The van der Waals surface area contributed by atoms with Crippen molar-refractivity contribution in [2.75, 3.05) is 18.1 Å². The van der Waals surface area contributed by atoms with Crippen LogP contribution in [0, 0.1) is 0 Å². The maximum Gasteiger partial charge on any atom is 0.226 e. The van der Waals surface area contributed by atoms with Gasteiger partial charge in [0.15, 0.2) is 5.75 Å². The number of nitrogens with two attached hydrogens (primary N) is 1. The van der Waals surface area contributed by atoms with E-state index in [0.717, 1.165) is 6.54 Å². The summed E-state index contributed by atoms with van der Waals surface area (Å²) in [6.45, 7) is 2.79. The molecule has 2 rings (SSSR count). The Morgan fingerprint density at radius 2 is 2.29 bits per heavy atom. The van der Waals surface area contributed by atoms with E-state index in [1.807, 2.05) is 6.92 Å². The maximum absolute atomic E-state index is 5.56. The minimum Gasteiger partial charge on any atom is -0.435 e. The van der Waals surface area contributed by atoms with E-state index in [1.165, 1.54) is 0 Å². The topological polar surface area (TPSA) is 90.9 Å². The van der Waals surface area contributed by atoms with E-state index in [2.05, 4.69) is 20.4 Å². The van der Waals surface area contributed by atoms with Crippen molar-refractivity contribution in [3.05, 3.63) is 18.5 Å². The number of anilines is 2. The van der Waals surface area contributed by atoms with Gasteiger partial charge in [-0.25, -0.2) is 0 Å². The van der Waals surface area contributed by atoms with Crippen LogP contribution < -0.4 is 15.8 Å². The minimum absolute atomic E-state index is 0.162. The smallest absolute Gasteiger partial charge is 0.226 e. The van der Waals surface area contributed by atoms with E-state index in [0.29, 0.717) is 17.4 Å². The third-order valence-corrected chi connectivity index (χ3v) is 2.13. The van der Waals surface area contributed by atoms with Crippen LogP contribution in [0.25, 0.3) is 0 Å². The Morgan fingerprint density at radius 3 is 2.94 bits per heavy atom. The van der Waals surface area contributed by atoms with E-state index in [-0.39, 0.29) is 5.95 Å². The highest BCUT2D eigenvalue weighted by Crippen LogP contribution is 2.21. The van der Waals surface area contributed by atoms with E-state index < -0.39 is 0 Å². The Hall–Kier alpha value is -2.31. The third kappa shape index (κ3) is 2.63. The predicted molar refractivity (Wildman–Crippen MR) is 64.0 cm³/mol. The average Bonchev–Trinajstić information content (AvgIpc) is 2.76. The lowest BCUT2D eigenvalue weighted by molar-refractivity contribution is 0.462. The van der Waals surface area contributed by atoms with Gasteiger partial charge in [0.2, 0.25) is 11.8 Å². The van der Waals surface area contributed by atoms with E-state index >= 15 is 0 Å². The largest absolute Gasteiger partial charge is 0.435 e. The molecule has 90 valence electrons. The molecule has 0 fully saturated rings. The van der Waals surface area contributed by atoms with Crippen molar-refractivity contribution >= 4 is 11.8 Å². The standard InChI is InChI=1S/C10H14N6O/c1-3-16-6-7(5-13-16)17-9-4-8(12-2)14-10(11)15-9/h4-6H,3H2,1-2H3,(H3,11,12,14,15). The normalized spacial score (nSPS) is 10.2. The van der Waals surface area contributed by atoms with Crippen LogP contribution in [0.5, 0.6) is 11.6 Å². The van der Waals surface area contributed by atoms with Crippen molar-refractivity contribution in [3.8, 4) is 11.6 Å². The monoisotopic (exact) mass is 234 g/mol. The van der Waals surface area contributed by atoms with Gasteiger partial charge in [0.1, 0.15) is 5.82 Å². The summed E-state index contributed by atoms with van der Waals surface area (Å²) in [5.41, 5.74) is 5.56. The molecule has 2 heterocycles. The first-order valence-electron chi connectivity index (χ1n) is 5.24. The summed E-state index contributed by atoms with van der Waals surface area (Å²) in [4.78, 5) is 7.95. The van der Waals surface area contributed by atoms with Gasteiger partial charge in [-0.2, -0.15) is 15.1 Å². The Balaban J connectivity index is 2.20. The maximum atomic E-state index is 5.56. The van der Waals surface area contributed by atoms with Crippen molar-refractivity contribution in [3.63, 3.8) is 0 Å². The van der Waals surface area contributed by atoms with Crippen LogP contribution in [-0.2, 0) is 6.54 Å². The van der Waals surface area contributed by atoms with Crippen LogP contribution in [-0.4, -0.2) is 26.8 Å². The highest BCUT2D eigenvalue weighted by Gasteiger charge is 2.05. The average molecular weight is 234 g/mol. The molecule has 0 aliphatic carbocycles. The molecule has 0 aliphatic heterocycles. The molecule has 0 bridgehead atoms. The molecular weight excluding hydrogens is 220 g/mol. The van der Waals surface area contributed by atoms with E-state index in [4.69, 9.17) is 10.5 Å². The van der Waals surface area contributed by atoms with Gasteiger partial charge in [-0.3, -0.25) is 4.68 Å². The molecule has 3 N–H and O–H groups in total. The van der Waals surface area contributed by atoms with E-state index in [1.54, 1.807) is 30.2 Å². The molecule has 2 aromatic heterocycles. The van der Waals surface area contributed by atoms with Crippen LogP contribution in [0.15, 0.2) is 18.5 Å². The molecule has 7 nitrogen and oxygen atoms in total. The summed E-state index contributed by atoms with van der Waals surface area (Å²) in [7, 11) is 1.75. The molecule has 17 heavy (non-hydrogen) atoms. The molecule has 0 unspecified atom stereocenters. The summed E-state index contributed by atoms with van der Waals surface area (Å²) < 4.78 is 7.29. The second-order valence-corrected chi connectivity index (χ2v) is 3.33. The summed E-state index contributed by atoms with van der Waals surface area (Å²) in [5, 5.41) is 6.98. The number of hydrogen-bond acceptors (Lipinski definition) is 6. The lowest BCUT2D eigenvalue weighted by Crippen LogP contribution is -2.01. The number of nitrogens with zero attached hydrogens (tertiary/aromatic N) is 4. The Kier molecular flexibility index (Phi) is 3.08. The first-order valence-corrected chi connectivity index (χ1v) is 5.24. The lowest BCUT2D eigenvalue weighted by atomic mass is 10.5. The summed E-state index contributed by atoms with van der Waals surface area (Å²) >= 11 is 0. The van der Waals surface area contributed by atoms with Crippen molar-refractivity contribution in [1.82, 2.24) is 19.7 Å². The highest BCUT2D eigenvalue weighted by atomic mass is 16.5. The number of nitrogens with one attached hydrogen (secondary N) is 1. The third-order valence-electron chi connectivity index (χ3n) is 2.13. The number of aromatic nitrogens is 4. The van der Waals surface area contributed by atoms with Gasteiger partial charge in [0.05, 0.1) is 12.4 Å². The molecule has 0 amide bonds. The predicted octanol–water partition coefficient (Wildman–Crippen LogP) is 1.11. The number of hydrogen-bond donors (Lipinski definition) is 2. The summed E-state index contributed by atoms with van der Waals surface area (Å²) in [5.74, 6) is 1.77. The number of ether oxygens (including phenoxy) is 1. The molecule has 0 saturated heterocycles. The van der Waals surface area contributed by atoms with Gasteiger partial charge >= 0.3 is 0 Å².